The Balaban J connectivity index is 0.000000354. The van der Waals surface area contributed by atoms with Crippen molar-refractivity contribution < 1.29 is 4.92 Å². The van der Waals surface area contributed by atoms with Gasteiger partial charge >= 0.3 is 0 Å². The molecule has 0 bridgehead atoms. The van der Waals surface area contributed by atoms with Gasteiger partial charge in [-0.05, 0) is 6.07 Å². The minimum absolute atomic E-state index is 0.0255. The van der Waals surface area contributed by atoms with Gasteiger partial charge in [-0.25, -0.2) is 0 Å². The van der Waals surface area contributed by atoms with Gasteiger partial charge < -0.3 is 0 Å². The molecule has 0 aliphatic carbocycles. The fraction of sp³-hybridized carbons (Fsp3) is 0. The Kier molecular flexibility index (Phi) is 5.47. The highest BCUT2D eigenvalue weighted by Gasteiger charge is 1.99. The number of nitro groups is 1. The Bertz CT molecular complexity index is 283. The van der Waals surface area contributed by atoms with E-state index < -0.39 is 4.92 Å². The average Bonchev–Trinajstić information content (AvgIpc) is 2.07. The monoisotopic (exact) mass is 229 g/mol. The molecule has 0 saturated heterocycles. The first-order chi connectivity index (χ1) is 5.72. The van der Waals surface area contributed by atoms with Crippen molar-refractivity contribution >= 4 is 21.6 Å². The largest absolute Gasteiger partial charge is 0.287 e. The molecule has 5 nitrogen and oxygen atoms in total. The van der Waals surface area contributed by atoms with Crippen LogP contribution in [0.25, 0.3) is 0 Å². The lowest BCUT2D eigenvalue weighted by molar-refractivity contribution is -0.385. The van der Waals surface area contributed by atoms with Gasteiger partial charge in [-0.1, -0.05) is 0 Å². The van der Waals surface area contributed by atoms with Crippen molar-refractivity contribution in [2.24, 2.45) is 0 Å². The molecule has 0 unspecified atom stereocenters. The molecule has 1 heterocycles. The number of halogens is 1. The van der Waals surface area contributed by atoms with E-state index in [0.717, 1.165) is 0 Å². The van der Waals surface area contributed by atoms with Crippen molar-refractivity contribution in [3.63, 3.8) is 0 Å². The van der Waals surface area contributed by atoms with Gasteiger partial charge in [0.05, 0.1) is 4.92 Å². The van der Waals surface area contributed by atoms with Crippen LogP contribution < -0.4 is 0 Å². The Morgan fingerprint density at radius 3 is 2.58 bits per heavy atom. The molecule has 0 aromatic carbocycles. The van der Waals surface area contributed by atoms with Gasteiger partial charge in [-0.15, -0.1) is 0 Å². The fourth-order valence-corrected chi connectivity index (χ4v) is 0.462. The summed E-state index contributed by atoms with van der Waals surface area (Å²) in [6.45, 7) is 0. The molecule has 1 rings (SSSR count). The molecule has 1 aromatic heterocycles. The van der Waals surface area contributed by atoms with E-state index in [4.69, 9.17) is 5.26 Å². The van der Waals surface area contributed by atoms with Crippen LogP contribution >= 0.6 is 15.9 Å². The number of nitrogens with zero attached hydrogens (tertiary/aromatic N) is 3. The van der Waals surface area contributed by atoms with Crippen molar-refractivity contribution in [1.29, 1.82) is 5.26 Å². The van der Waals surface area contributed by atoms with Gasteiger partial charge in [0.1, 0.15) is 11.2 Å². The highest BCUT2D eigenvalue weighted by molar-refractivity contribution is 9.12. The second-order valence-corrected chi connectivity index (χ2v) is 1.91. The van der Waals surface area contributed by atoms with Gasteiger partial charge in [-0.2, -0.15) is 5.26 Å². The summed E-state index contributed by atoms with van der Waals surface area (Å²) < 4.78 is 0. The fourth-order valence-electron chi connectivity index (χ4n) is 0.462. The number of hydrogen-bond acceptors (Lipinski definition) is 4. The highest BCUT2D eigenvalue weighted by Crippen LogP contribution is 2.04. The molecule has 6 heteroatoms. The van der Waals surface area contributed by atoms with Crippen LogP contribution in [0.2, 0.25) is 0 Å². The SMILES string of the molecule is N#CBr.O=[N+]([O-])c1cccnc1. The zero-order valence-electron chi connectivity index (χ0n) is 5.85. The number of rotatable bonds is 1. The van der Waals surface area contributed by atoms with E-state index in [0.29, 0.717) is 0 Å². The number of hydrogen-bond donors (Lipinski definition) is 0. The summed E-state index contributed by atoms with van der Waals surface area (Å²) in [5.74, 6) is 0. The van der Waals surface area contributed by atoms with Gasteiger partial charge in [0.15, 0.2) is 0 Å². The lowest BCUT2D eigenvalue weighted by Crippen LogP contribution is -1.86. The molecular formula is C6H4BrN3O2. The van der Waals surface area contributed by atoms with Crippen LogP contribution in [0, 0.1) is 20.4 Å². The second-order valence-electron chi connectivity index (χ2n) is 1.55. The van der Waals surface area contributed by atoms with Crippen LogP contribution in [0.5, 0.6) is 0 Å². The first-order valence-electron chi connectivity index (χ1n) is 2.76. The minimum atomic E-state index is -0.479. The predicted molar refractivity (Wildman–Crippen MR) is 45.4 cm³/mol. The molecule has 0 radical (unpaired) electrons. The van der Waals surface area contributed by atoms with E-state index in [1.54, 1.807) is 4.98 Å². The summed E-state index contributed by atoms with van der Waals surface area (Å²) in [5, 5.41) is 17.2. The van der Waals surface area contributed by atoms with Crippen molar-refractivity contribution in [3.05, 3.63) is 34.6 Å². The molecule has 1 aromatic rings. The van der Waals surface area contributed by atoms with Gasteiger partial charge in [-0.3, -0.25) is 15.1 Å². The minimum Gasteiger partial charge on any atom is -0.258 e. The van der Waals surface area contributed by atoms with E-state index in [1.807, 2.05) is 0 Å². The van der Waals surface area contributed by atoms with E-state index in [2.05, 4.69) is 20.9 Å². The van der Waals surface area contributed by atoms with Crippen LogP contribution in [0.1, 0.15) is 0 Å². The molecule has 0 spiro atoms. The van der Waals surface area contributed by atoms with Crippen molar-refractivity contribution in [3.8, 4) is 4.98 Å². The number of nitriles is 1. The number of pyridine rings is 1. The molecule has 0 fully saturated rings. The van der Waals surface area contributed by atoms with E-state index >= 15 is 0 Å². The quantitative estimate of drug-likeness (QED) is 0.544. The van der Waals surface area contributed by atoms with Crippen LogP contribution in [-0.2, 0) is 0 Å². The van der Waals surface area contributed by atoms with Crippen molar-refractivity contribution in [2.75, 3.05) is 0 Å². The van der Waals surface area contributed by atoms with Gasteiger partial charge in [0.2, 0.25) is 0 Å². The lowest BCUT2D eigenvalue weighted by Gasteiger charge is -1.84. The van der Waals surface area contributed by atoms with Crippen LogP contribution in [-0.4, -0.2) is 9.91 Å². The molecule has 0 saturated carbocycles. The van der Waals surface area contributed by atoms with E-state index in [1.165, 1.54) is 24.5 Å². The third kappa shape index (κ3) is 4.35. The standard InChI is InChI=1S/C5H4N2O2.CBrN/c8-7(9)5-2-1-3-6-4-5;2-1-3/h1-4H;. The highest BCUT2D eigenvalue weighted by atomic mass is 79.9. The van der Waals surface area contributed by atoms with Crippen LogP contribution in [0.4, 0.5) is 5.69 Å². The Hall–Kier alpha value is -1.48. The number of aromatic nitrogens is 1. The maximum atomic E-state index is 9.97. The first kappa shape index (κ1) is 10.5. The summed E-state index contributed by atoms with van der Waals surface area (Å²) >= 11 is 2.45. The van der Waals surface area contributed by atoms with E-state index in [9.17, 15) is 10.1 Å². The molecule has 12 heavy (non-hydrogen) atoms. The van der Waals surface area contributed by atoms with E-state index in [-0.39, 0.29) is 5.69 Å². The smallest absolute Gasteiger partial charge is 0.258 e. The molecule has 0 amide bonds. The van der Waals surface area contributed by atoms with Crippen molar-refractivity contribution in [2.45, 2.75) is 0 Å². The third-order valence-corrected chi connectivity index (χ3v) is 0.857. The van der Waals surface area contributed by atoms with Gasteiger partial charge in [0, 0.05) is 28.2 Å². The maximum Gasteiger partial charge on any atom is 0.287 e. The lowest BCUT2D eigenvalue weighted by atomic mass is 10.4. The molecule has 0 N–H and O–H groups in total. The molecule has 0 aliphatic heterocycles. The summed E-state index contributed by atoms with van der Waals surface area (Å²) in [6.07, 6.45) is 2.70. The molecule has 0 aliphatic rings. The molecule has 62 valence electrons. The third-order valence-electron chi connectivity index (χ3n) is 0.857. The Morgan fingerprint density at radius 2 is 2.33 bits per heavy atom. The summed E-state index contributed by atoms with van der Waals surface area (Å²) in [5.41, 5.74) is 0.0255. The summed E-state index contributed by atoms with van der Waals surface area (Å²) in [4.78, 5) is 14.6. The van der Waals surface area contributed by atoms with Crippen LogP contribution in [0.3, 0.4) is 0 Å². The second kappa shape index (κ2) is 6.24. The Morgan fingerprint density at radius 1 is 1.75 bits per heavy atom. The van der Waals surface area contributed by atoms with Crippen molar-refractivity contribution in [1.82, 2.24) is 4.98 Å². The summed E-state index contributed by atoms with van der Waals surface area (Å²) in [7, 11) is 0. The summed E-state index contributed by atoms with van der Waals surface area (Å²) in [6, 6.07) is 2.92. The zero-order valence-corrected chi connectivity index (χ0v) is 7.43. The first-order valence-corrected chi connectivity index (χ1v) is 3.55. The van der Waals surface area contributed by atoms with Crippen LogP contribution in [0.15, 0.2) is 24.5 Å². The predicted octanol–water partition coefficient (Wildman–Crippen LogP) is 1.85. The van der Waals surface area contributed by atoms with Gasteiger partial charge in [0.25, 0.3) is 5.69 Å². The maximum absolute atomic E-state index is 9.97. The average molecular weight is 230 g/mol. The topological polar surface area (TPSA) is 79.8 Å². The normalized spacial score (nSPS) is 7.33. The molecular weight excluding hydrogens is 226 g/mol. The zero-order chi connectivity index (χ0) is 9.40. The molecule has 0 atom stereocenters. The Labute approximate surface area is 76.9 Å².